The predicted molar refractivity (Wildman–Crippen MR) is 64.3 cm³/mol. The summed E-state index contributed by atoms with van der Waals surface area (Å²) < 4.78 is 5.62. The third kappa shape index (κ3) is 2.82. The van der Waals surface area contributed by atoms with Crippen LogP contribution in [-0.4, -0.2) is 18.8 Å². The first-order valence-electron chi connectivity index (χ1n) is 5.62. The molecule has 1 aromatic rings. The molecular formula is C12H16N2OS. The fourth-order valence-corrected chi connectivity index (χ4v) is 2.68. The van der Waals surface area contributed by atoms with Crippen molar-refractivity contribution in [3.05, 3.63) is 21.9 Å². The molecule has 0 amide bonds. The molecule has 1 fully saturated rings. The molecule has 0 aliphatic carbocycles. The third-order valence-corrected chi connectivity index (χ3v) is 3.84. The lowest BCUT2D eigenvalue weighted by atomic mass is 10.1. The molecule has 1 aromatic heterocycles. The van der Waals surface area contributed by atoms with Gasteiger partial charge in [0, 0.05) is 29.5 Å². The Kier molecular flexibility index (Phi) is 3.94. The standard InChI is InChI=1S/C12H16N2OS/c1-9(12-3-2-4-15-12)14-7-11-5-10(6-13)8-16-11/h5,8-9,12,14H,2-4,7H2,1H3. The van der Waals surface area contributed by atoms with Gasteiger partial charge in [0.2, 0.25) is 0 Å². The van der Waals surface area contributed by atoms with E-state index in [2.05, 4.69) is 18.3 Å². The molecule has 1 aliphatic heterocycles. The number of hydrogen-bond donors (Lipinski definition) is 1. The van der Waals surface area contributed by atoms with Gasteiger partial charge in [0.25, 0.3) is 0 Å². The zero-order chi connectivity index (χ0) is 11.4. The van der Waals surface area contributed by atoms with E-state index in [9.17, 15) is 0 Å². The molecule has 0 bridgehead atoms. The van der Waals surface area contributed by atoms with Crippen LogP contribution in [0.5, 0.6) is 0 Å². The van der Waals surface area contributed by atoms with Crippen molar-refractivity contribution in [1.29, 1.82) is 5.26 Å². The third-order valence-electron chi connectivity index (χ3n) is 2.90. The molecule has 2 heterocycles. The van der Waals surface area contributed by atoms with Gasteiger partial charge in [-0.15, -0.1) is 11.3 Å². The van der Waals surface area contributed by atoms with Crippen molar-refractivity contribution in [2.75, 3.05) is 6.61 Å². The second-order valence-electron chi connectivity index (χ2n) is 4.13. The van der Waals surface area contributed by atoms with E-state index < -0.39 is 0 Å². The van der Waals surface area contributed by atoms with Crippen molar-refractivity contribution < 1.29 is 4.74 Å². The Bertz CT molecular complexity index is 377. The van der Waals surface area contributed by atoms with Gasteiger partial charge in [0.15, 0.2) is 0 Å². The molecule has 2 rings (SSSR count). The number of ether oxygens (including phenoxy) is 1. The molecular weight excluding hydrogens is 220 g/mol. The average Bonchev–Trinajstić information content (AvgIpc) is 2.96. The summed E-state index contributed by atoms with van der Waals surface area (Å²) in [6.45, 7) is 3.89. The zero-order valence-electron chi connectivity index (χ0n) is 9.40. The molecule has 1 N–H and O–H groups in total. The van der Waals surface area contributed by atoms with E-state index in [-0.39, 0.29) is 0 Å². The van der Waals surface area contributed by atoms with Crippen LogP contribution in [0.25, 0.3) is 0 Å². The first kappa shape index (κ1) is 11.6. The van der Waals surface area contributed by atoms with Gasteiger partial charge in [0.05, 0.1) is 11.7 Å². The highest BCUT2D eigenvalue weighted by atomic mass is 32.1. The van der Waals surface area contributed by atoms with Gasteiger partial charge in [0.1, 0.15) is 6.07 Å². The molecule has 16 heavy (non-hydrogen) atoms. The molecule has 0 spiro atoms. The molecule has 86 valence electrons. The van der Waals surface area contributed by atoms with Crippen molar-refractivity contribution in [3.63, 3.8) is 0 Å². The molecule has 0 saturated carbocycles. The normalized spacial score (nSPS) is 21.9. The SMILES string of the molecule is CC(NCc1cc(C#N)cs1)C1CCCO1. The first-order valence-corrected chi connectivity index (χ1v) is 6.50. The van der Waals surface area contributed by atoms with Crippen LogP contribution < -0.4 is 5.32 Å². The maximum absolute atomic E-state index is 8.72. The maximum atomic E-state index is 8.72. The summed E-state index contributed by atoms with van der Waals surface area (Å²) in [5, 5.41) is 14.1. The van der Waals surface area contributed by atoms with E-state index >= 15 is 0 Å². The van der Waals surface area contributed by atoms with E-state index in [1.807, 2.05) is 11.4 Å². The van der Waals surface area contributed by atoms with Crippen molar-refractivity contribution >= 4 is 11.3 Å². The van der Waals surface area contributed by atoms with E-state index in [0.29, 0.717) is 12.1 Å². The highest BCUT2D eigenvalue weighted by Gasteiger charge is 2.21. The highest BCUT2D eigenvalue weighted by molar-refractivity contribution is 7.10. The summed E-state index contributed by atoms with van der Waals surface area (Å²) in [5.41, 5.74) is 0.756. The van der Waals surface area contributed by atoms with Crippen LogP contribution >= 0.6 is 11.3 Å². The smallest absolute Gasteiger partial charge is 0.100 e. The summed E-state index contributed by atoms with van der Waals surface area (Å²) in [7, 11) is 0. The lowest BCUT2D eigenvalue weighted by Gasteiger charge is -2.19. The molecule has 3 nitrogen and oxygen atoms in total. The largest absolute Gasteiger partial charge is 0.377 e. The second kappa shape index (κ2) is 5.44. The Labute approximate surface area is 100 Å². The second-order valence-corrected chi connectivity index (χ2v) is 5.13. The van der Waals surface area contributed by atoms with Gasteiger partial charge in [-0.05, 0) is 25.8 Å². The monoisotopic (exact) mass is 236 g/mol. The number of thiophene rings is 1. The molecule has 1 saturated heterocycles. The van der Waals surface area contributed by atoms with Crippen molar-refractivity contribution in [2.24, 2.45) is 0 Å². The topological polar surface area (TPSA) is 45.0 Å². The van der Waals surface area contributed by atoms with Gasteiger partial charge >= 0.3 is 0 Å². The molecule has 0 radical (unpaired) electrons. The van der Waals surface area contributed by atoms with Crippen LogP contribution in [-0.2, 0) is 11.3 Å². The summed E-state index contributed by atoms with van der Waals surface area (Å²) in [5.74, 6) is 0. The van der Waals surface area contributed by atoms with Crippen LogP contribution in [0.1, 0.15) is 30.2 Å². The Balaban J connectivity index is 1.80. The Morgan fingerprint density at radius 2 is 2.62 bits per heavy atom. The summed E-state index contributed by atoms with van der Waals surface area (Å²) >= 11 is 1.63. The number of nitrogens with one attached hydrogen (secondary N) is 1. The molecule has 2 atom stereocenters. The highest BCUT2D eigenvalue weighted by Crippen LogP contribution is 2.17. The Morgan fingerprint density at radius 1 is 1.75 bits per heavy atom. The summed E-state index contributed by atoms with van der Waals surface area (Å²) in [6.07, 6.45) is 2.69. The van der Waals surface area contributed by atoms with Gasteiger partial charge in [-0.25, -0.2) is 0 Å². The first-order chi connectivity index (χ1) is 7.79. The number of nitrogens with zero attached hydrogens (tertiary/aromatic N) is 1. The van der Waals surface area contributed by atoms with Crippen LogP contribution in [0.2, 0.25) is 0 Å². The molecule has 2 unspecified atom stereocenters. The lowest BCUT2D eigenvalue weighted by Crippen LogP contribution is -2.36. The molecule has 4 heteroatoms. The fourth-order valence-electron chi connectivity index (χ4n) is 1.92. The van der Waals surface area contributed by atoms with Crippen LogP contribution in [0.3, 0.4) is 0 Å². The van der Waals surface area contributed by atoms with Gasteiger partial charge in [-0.1, -0.05) is 0 Å². The maximum Gasteiger partial charge on any atom is 0.100 e. The minimum atomic E-state index is 0.357. The van der Waals surface area contributed by atoms with Gasteiger partial charge < -0.3 is 10.1 Å². The average molecular weight is 236 g/mol. The van der Waals surface area contributed by atoms with E-state index in [1.54, 1.807) is 11.3 Å². The van der Waals surface area contributed by atoms with Crippen LogP contribution in [0.15, 0.2) is 11.4 Å². The number of nitriles is 1. The number of rotatable bonds is 4. The lowest BCUT2D eigenvalue weighted by molar-refractivity contribution is 0.0833. The number of hydrogen-bond acceptors (Lipinski definition) is 4. The Hall–Kier alpha value is -0.890. The fraction of sp³-hybridized carbons (Fsp3) is 0.583. The van der Waals surface area contributed by atoms with E-state index in [1.165, 1.54) is 11.3 Å². The zero-order valence-corrected chi connectivity index (χ0v) is 10.2. The quantitative estimate of drug-likeness (QED) is 0.872. The summed E-state index contributed by atoms with van der Waals surface area (Å²) in [4.78, 5) is 1.21. The van der Waals surface area contributed by atoms with Crippen LogP contribution in [0.4, 0.5) is 0 Å². The van der Waals surface area contributed by atoms with Crippen molar-refractivity contribution in [3.8, 4) is 6.07 Å². The van der Waals surface area contributed by atoms with Crippen molar-refractivity contribution in [2.45, 2.75) is 38.5 Å². The molecule has 0 aromatic carbocycles. The summed E-state index contributed by atoms with van der Waals surface area (Å²) in [6, 6.07) is 4.48. The van der Waals surface area contributed by atoms with Crippen LogP contribution in [0, 0.1) is 11.3 Å². The van der Waals surface area contributed by atoms with E-state index in [0.717, 1.165) is 25.1 Å². The minimum Gasteiger partial charge on any atom is -0.377 e. The van der Waals surface area contributed by atoms with Crippen molar-refractivity contribution in [1.82, 2.24) is 5.32 Å². The molecule has 1 aliphatic rings. The minimum absolute atomic E-state index is 0.357. The van der Waals surface area contributed by atoms with Gasteiger partial charge in [-0.2, -0.15) is 5.26 Å². The Morgan fingerprint density at radius 3 is 3.25 bits per heavy atom. The van der Waals surface area contributed by atoms with Gasteiger partial charge in [-0.3, -0.25) is 0 Å². The predicted octanol–water partition coefficient (Wildman–Crippen LogP) is 2.28. The van der Waals surface area contributed by atoms with E-state index in [4.69, 9.17) is 10.00 Å².